The van der Waals surface area contributed by atoms with E-state index in [1.165, 1.54) is 0 Å². The maximum Gasteiger partial charge on any atom is 0.311 e. The Kier molecular flexibility index (Phi) is 4.12. The number of carboxylic acids is 1. The first-order valence-electron chi connectivity index (χ1n) is 7.34. The number of benzene rings is 1. The molecule has 1 saturated heterocycles. The topological polar surface area (TPSA) is 57.6 Å². The zero-order valence-corrected chi connectivity index (χ0v) is 13.9. The normalized spacial score (nSPS) is 27.0. The lowest BCUT2D eigenvalue weighted by Crippen LogP contribution is -2.37. The minimum atomic E-state index is -0.769. The lowest BCUT2D eigenvalue weighted by Gasteiger charge is -2.23. The van der Waals surface area contributed by atoms with Crippen molar-refractivity contribution in [3.63, 3.8) is 0 Å². The Morgan fingerprint density at radius 3 is 2.86 bits per heavy atom. The van der Waals surface area contributed by atoms with E-state index in [0.717, 1.165) is 17.7 Å². The van der Waals surface area contributed by atoms with E-state index in [-0.39, 0.29) is 11.8 Å². The summed E-state index contributed by atoms with van der Waals surface area (Å²) in [6, 6.07) is 5.39. The summed E-state index contributed by atoms with van der Waals surface area (Å²) >= 11 is 7.72. The number of carbonyl (C=O) groups excluding carboxylic acids is 1. The average molecular weight is 340 g/mol. The van der Waals surface area contributed by atoms with Gasteiger partial charge in [-0.2, -0.15) is 0 Å². The highest BCUT2D eigenvalue weighted by atomic mass is 35.5. The van der Waals surface area contributed by atoms with Crippen LogP contribution in [0.4, 0.5) is 0 Å². The molecule has 1 aromatic rings. The highest BCUT2D eigenvalue weighted by molar-refractivity contribution is 7.98. The number of carbonyl (C=O) groups is 2. The van der Waals surface area contributed by atoms with Gasteiger partial charge in [0, 0.05) is 18.0 Å². The van der Waals surface area contributed by atoms with Gasteiger partial charge < -0.3 is 10.0 Å². The number of hydrogen-bond donors (Lipinski definition) is 1. The van der Waals surface area contributed by atoms with Crippen LogP contribution in [-0.4, -0.2) is 41.2 Å². The van der Waals surface area contributed by atoms with Gasteiger partial charge in [0.1, 0.15) is 0 Å². The summed E-state index contributed by atoms with van der Waals surface area (Å²) in [6.45, 7) is 0.816. The second kappa shape index (κ2) is 5.78. The van der Waals surface area contributed by atoms with E-state index in [0.29, 0.717) is 30.1 Å². The fourth-order valence-electron chi connectivity index (χ4n) is 3.76. The molecule has 0 bridgehead atoms. The van der Waals surface area contributed by atoms with Crippen LogP contribution in [0, 0.1) is 11.3 Å². The fraction of sp³-hybridized carbons (Fsp3) is 0.500. The number of rotatable bonds is 3. The molecule has 0 unspecified atom stereocenters. The lowest BCUT2D eigenvalue weighted by atomic mass is 9.81. The zero-order chi connectivity index (χ0) is 15.9. The van der Waals surface area contributed by atoms with Gasteiger partial charge in [0.25, 0.3) is 5.91 Å². The van der Waals surface area contributed by atoms with Crippen LogP contribution in [0.25, 0.3) is 0 Å². The Hall–Kier alpha value is -1.20. The van der Waals surface area contributed by atoms with Crippen molar-refractivity contribution in [3.8, 4) is 0 Å². The molecule has 6 heteroatoms. The summed E-state index contributed by atoms with van der Waals surface area (Å²) in [5.74, 6) is -0.860. The van der Waals surface area contributed by atoms with Gasteiger partial charge in [-0.25, -0.2) is 0 Å². The zero-order valence-electron chi connectivity index (χ0n) is 12.3. The van der Waals surface area contributed by atoms with Crippen LogP contribution in [0.5, 0.6) is 0 Å². The molecular formula is C16H18ClNO3S. The second-order valence-electron chi connectivity index (χ2n) is 6.08. The number of hydrogen-bond acceptors (Lipinski definition) is 3. The molecule has 1 aromatic carbocycles. The Morgan fingerprint density at radius 2 is 2.23 bits per heavy atom. The third kappa shape index (κ3) is 2.40. The summed E-state index contributed by atoms with van der Waals surface area (Å²) < 4.78 is 0. The number of thioether (sulfide) groups is 1. The lowest BCUT2D eigenvalue weighted by molar-refractivity contribution is -0.149. The van der Waals surface area contributed by atoms with Crippen LogP contribution in [-0.2, 0) is 4.79 Å². The first-order chi connectivity index (χ1) is 10.5. The van der Waals surface area contributed by atoms with Gasteiger partial charge in [-0.3, -0.25) is 9.59 Å². The first-order valence-corrected chi connectivity index (χ1v) is 8.94. The molecule has 3 rings (SSSR count). The molecule has 2 fully saturated rings. The van der Waals surface area contributed by atoms with Gasteiger partial charge >= 0.3 is 5.97 Å². The molecule has 1 heterocycles. The van der Waals surface area contributed by atoms with Crippen LogP contribution in [0.3, 0.4) is 0 Å². The SMILES string of the molecule is CSc1ccc(Cl)c(C(=O)N2C[C@@H]3CCC[C@@]3(C(=O)O)C2)c1. The molecule has 1 aliphatic carbocycles. The van der Waals surface area contributed by atoms with Gasteiger partial charge in [-0.05, 0) is 43.2 Å². The van der Waals surface area contributed by atoms with Crippen molar-refractivity contribution < 1.29 is 14.7 Å². The number of carboxylic acid groups (broad SMARTS) is 1. The monoisotopic (exact) mass is 339 g/mol. The van der Waals surface area contributed by atoms with Gasteiger partial charge in [0.05, 0.1) is 16.0 Å². The maximum atomic E-state index is 12.8. The molecule has 1 aliphatic heterocycles. The smallest absolute Gasteiger partial charge is 0.311 e. The number of nitrogens with zero attached hydrogens (tertiary/aromatic N) is 1. The molecule has 2 aliphatic rings. The van der Waals surface area contributed by atoms with Crippen molar-refractivity contribution in [2.75, 3.05) is 19.3 Å². The van der Waals surface area contributed by atoms with Crippen molar-refractivity contribution in [3.05, 3.63) is 28.8 Å². The van der Waals surface area contributed by atoms with E-state index in [4.69, 9.17) is 11.6 Å². The van der Waals surface area contributed by atoms with Crippen molar-refractivity contribution in [1.29, 1.82) is 0 Å². The third-order valence-corrected chi connectivity index (χ3v) is 6.04. The van der Waals surface area contributed by atoms with Crippen molar-refractivity contribution >= 4 is 35.2 Å². The molecule has 0 radical (unpaired) electrons. The summed E-state index contributed by atoms with van der Waals surface area (Å²) in [5, 5.41) is 10.0. The average Bonchev–Trinajstić information content (AvgIpc) is 3.05. The third-order valence-electron chi connectivity index (χ3n) is 4.99. The molecule has 2 atom stereocenters. The molecule has 4 nitrogen and oxygen atoms in total. The van der Waals surface area contributed by atoms with E-state index in [1.807, 2.05) is 12.3 Å². The molecule has 1 saturated carbocycles. The molecule has 22 heavy (non-hydrogen) atoms. The minimum Gasteiger partial charge on any atom is -0.481 e. The summed E-state index contributed by atoms with van der Waals surface area (Å²) in [5.41, 5.74) is -0.284. The van der Waals surface area contributed by atoms with Gasteiger partial charge in [-0.15, -0.1) is 11.8 Å². The molecular weight excluding hydrogens is 322 g/mol. The Labute approximate surface area is 138 Å². The quantitative estimate of drug-likeness (QED) is 0.858. The van der Waals surface area contributed by atoms with Crippen LogP contribution < -0.4 is 0 Å². The second-order valence-corrected chi connectivity index (χ2v) is 7.37. The number of amides is 1. The summed E-state index contributed by atoms with van der Waals surface area (Å²) in [4.78, 5) is 27.1. The van der Waals surface area contributed by atoms with E-state index in [9.17, 15) is 14.7 Å². The highest BCUT2D eigenvalue weighted by Gasteiger charge is 2.55. The van der Waals surface area contributed by atoms with E-state index < -0.39 is 11.4 Å². The van der Waals surface area contributed by atoms with Gasteiger partial charge in [0.15, 0.2) is 0 Å². The highest BCUT2D eigenvalue weighted by Crippen LogP contribution is 2.49. The predicted molar refractivity (Wildman–Crippen MR) is 86.5 cm³/mol. The van der Waals surface area contributed by atoms with Crippen molar-refractivity contribution in [2.45, 2.75) is 24.2 Å². The van der Waals surface area contributed by atoms with Crippen LogP contribution >= 0.6 is 23.4 Å². The Morgan fingerprint density at radius 1 is 1.45 bits per heavy atom. The number of fused-ring (bicyclic) bond motifs is 1. The first kappa shape index (κ1) is 15.7. The molecule has 1 N–H and O–H groups in total. The van der Waals surface area contributed by atoms with E-state index in [2.05, 4.69) is 0 Å². The maximum absolute atomic E-state index is 12.8. The Balaban J connectivity index is 1.87. The fourth-order valence-corrected chi connectivity index (χ4v) is 4.40. The minimum absolute atomic E-state index is 0.0662. The van der Waals surface area contributed by atoms with Gasteiger partial charge in [0.2, 0.25) is 0 Å². The van der Waals surface area contributed by atoms with Crippen molar-refractivity contribution in [1.82, 2.24) is 4.90 Å². The van der Waals surface area contributed by atoms with Crippen LogP contribution in [0.1, 0.15) is 29.6 Å². The number of halogens is 1. The van der Waals surface area contributed by atoms with Gasteiger partial charge in [-0.1, -0.05) is 18.0 Å². The molecule has 0 spiro atoms. The number of aliphatic carboxylic acids is 1. The number of likely N-dealkylation sites (tertiary alicyclic amines) is 1. The van der Waals surface area contributed by atoms with Crippen molar-refractivity contribution in [2.24, 2.45) is 11.3 Å². The molecule has 0 aromatic heterocycles. The molecule has 1 amide bonds. The summed E-state index contributed by atoms with van der Waals surface area (Å²) in [6.07, 6.45) is 4.42. The van der Waals surface area contributed by atoms with E-state index >= 15 is 0 Å². The largest absolute Gasteiger partial charge is 0.481 e. The molecule has 118 valence electrons. The Bertz CT molecular complexity index is 636. The predicted octanol–water partition coefficient (Wildman–Crippen LogP) is 3.39. The van der Waals surface area contributed by atoms with Crippen LogP contribution in [0.2, 0.25) is 5.02 Å². The standard InChI is InChI=1S/C16H18ClNO3S/c1-22-11-4-5-13(17)12(7-11)14(19)18-8-10-3-2-6-16(10,9-18)15(20)21/h4-5,7,10H,2-3,6,8-9H2,1H3,(H,20,21)/t10-,16+/m0/s1. The summed E-state index contributed by atoms with van der Waals surface area (Å²) in [7, 11) is 0. The van der Waals surface area contributed by atoms with E-state index in [1.54, 1.807) is 28.8 Å². The van der Waals surface area contributed by atoms with Crippen LogP contribution in [0.15, 0.2) is 23.1 Å².